The van der Waals surface area contributed by atoms with Gasteiger partial charge in [-0.3, -0.25) is 15.4 Å². The van der Waals surface area contributed by atoms with Crippen LogP contribution in [-0.4, -0.2) is 13.1 Å². The first kappa shape index (κ1) is 26.1. The third-order valence-corrected chi connectivity index (χ3v) is 7.54. The lowest BCUT2D eigenvalue weighted by Gasteiger charge is -2.33. The number of hydrogen-bond donors (Lipinski definition) is 2. The second-order valence-corrected chi connectivity index (χ2v) is 10.6. The molecule has 1 atom stereocenters. The highest BCUT2D eigenvalue weighted by molar-refractivity contribution is 6.31. The molecular formula is C31H29ClFN3O2. The van der Waals surface area contributed by atoms with E-state index in [0.29, 0.717) is 57.7 Å². The molecule has 0 spiro atoms. The molecule has 5 rings (SSSR count). The van der Waals surface area contributed by atoms with Crippen LogP contribution in [-0.2, 0) is 18.5 Å². The quantitative estimate of drug-likeness (QED) is 0.308. The Bertz CT molecular complexity index is 1600. The SMILES string of the molecule is Cc1ccc(C2(CC(C)Cc3oc4cc(Cl)ccc4c(=O)c3Cc3cccc(C#N)c3)NCCN2)cc1F. The van der Waals surface area contributed by atoms with E-state index in [9.17, 15) is 14.4 Å². The van der Waals surface area contributed by atoms with Crippen LogP contribution in [0, 0.1) is 30.0 Å². The Hall–Kier alpha value is -3.50. The first-order chi connectivity index (χ1) is 18.3. The number of halogens is 2. The van der Waals surface area contributed by atoms with Crippen LogP contribution in [0.5, 0.6) is 0 Å². The smallest absolute Gasteiger partial charge is 0.196 e. The summed E-state index contributed by atoms with van der Waals surface area (Å²) in [5.41, 5.74) is 3.22. The molecule has 1 unspecified atom stereocenters. The molecule has 194 valence electrons. The Balaban J connectivity index is 1.51. The van der Waals surface area contributed by atoms with Gasteiger partial charge in [-0.15, -0.1) is 0 Å². The largest absolute Gasteiger partial charge is 0.460 e. The number of benzene rings is 3. The number of rotatable bonds is 7. The summed E-state index contributed by atoms with van der Waals surface area (Å²) < 4.78 is 20.8. The zero-order valence-corrected chi connectivity index (χ0v) is 22.2. The van der Waals surface area contributed by atoms with Crippen molar-refractivity contribution in [1.29, 1.82) is 5.26 Å². The maximum atomic E-state index is 14.5. The lowest BCUT2D eigenvalue weighted by Crippen LogP contribution is -2.47. The highest BCUT2D eigenvalue weighted by Crippen LogP contribution is 2.32. The van der Waals surface area contributed by atoms with Gasteiger partial charge in [-0.05, 0) is 66.3 Å². The number of nitriles is 1. The van der Waals surface area contributed by atoms with E-state index in [1.54, 1.807) is 49.4 Å². The molecule has 2 heterocycles. The molecule has 0 amide bonds. The van der Waals surface area contributed by atoms with Crippen LogP contribution in [0.3, 0.4) is 0 Å². The fraction of sp³-hybridized carbons (Fsp3) is 0.290. The molecule has 7 heteroatoms. The van der Waals surface area contributed by atoms with Gasteiger partial charge in [0.15, 0.2) is 5.43 Å². The maximum absolute atomic E-state index is 14.5. The molecule has 1 saturated heterocycles. The van der Waals surface area contributed by atoms with Crippen molar-refractivity contribution in [1.82, 2.24) is 10.6 Å². The normalized spacial score (nSPS) is 15.4. The average molecular weight is 530 g/mol. The van der Waals surface area contributed by atoms with Crippen LogP contribution in [0.2, 0.25) is 5.02 Å². The number of aryl methyl sites for hydroxylation is 1. The lowest BCUT2D eigenvalue weighted by atomic mass is 9.86. The Morgan fingerprint density at radius 3 is 2.66 bits per heavy atom. The van der Waals surface area contributed by atoms with Gasteiger partial charge in [-0.1, -0.05) is 42.8 Å². The molecule has 1 aromatic heterocycles. The fourth-order valence-electron chi connectivity index (χ4n) is 5.40. The van der Waals surface area contributed by atoms with Gasteiger partial charge in [-0.25, -0.2) is 4.39 Å². The molecule has 1 fully saturated rings. The summed E-state index contributed by atoms with van der Waals surface area (Å²) in [6, 6.07) is 19.8. The molecule has 5 nitrogen and oxygen atoms in total. The number of hydrogen-bond acceptors (Lipinski definition) is 5. The third-order valence-electron chi connectivity index (χ3n) is 7.30. The van der Waals surface area contributed by atoms with E-state index >= 15 is 0 Å². The summed E-state index contributed by atoms with van der Waals surface area (Å²) in [4.78, 5) is 13.7. The molecule has 2 N–H and O–H groups in total. The molecular weight excluding hydrogens is 501 g/mol. The maximum Gasteiger partial charge on any atom is 0.196 e. The fourth-order valence-corrected chi connectivity index (χ4v) is 5.56. The number of fused-ring (bicyclic) bond motifs is 1. The Kier molecular flexibility index (Phi) is 7.36. The van der Waals surface area contributed by atoms with Gasteiger partial charge in [0, 0.05) is 42.6 Å². The van der Waals surface area contributed by atoms with Crippen LogP contribution in [0.25, 0.3) is 11.0 Å². The highest BCUT2D eigenvalue weighted by atomic mass is 35.5. The van der Waals surface area contributed by atoms with E-state index < -0.39 is 5.66 Å². The molecule has 4 aromatic rings. The minimum absolute atomic E-state index is 0.0708. The summed E-state index contributed by atoms with van der Waals surface area (Å²) in [6.07, 6.45) is 1.52. The molecule has 38 heavy (non-hydrogen) atoms. The predicted octanol–water partition coefficient (Wildman–Crippen LogP) is 5.97. The minimum Gasteiger partial charge on any atom is -0.460 e. The van der Waals surface area contributed by atoms with Crippen LogP contribution in [0.1, 0.15) is 46.9 Å². The first-order valence-corrected chi connectivity index (χ1v) is 13.2. The third kappa shape index (κ3) is 5.23. The van der Waals surface area contributed by atoms with Crippen LogP contribution in [0.15, 0.2) is 69.9 Å². The van der Waals surface area contributed by atoms with Crippen LogP contribution in [0.4, 0.5) is 4.39 Å². The highest BCUT2D eigenvalue weighted by Gasteiger charge is 2.37. The van der Waals surface area contributed by atoms with E-state index in [1.807, 2.05) is 18.2 Å². The van der Waals surface area contributed by atoms with Crippen molar-refractivity contribution in [2.75, 3.05) is 13.1 Å². The summed E-state index contributed by atoms with van der Waals surface area (Å²) in [7, 11) is 0. The van der Waals surface area contributed by atoms with E-state index in [1.165, 1.54) is 0 Å². The molecule has 0 radical (unpaired) electrons. The molecule has 3 aromatic carbocycles. The van der Waals surface area contributed by atoms with Crippen molar-refractivity contribution >= 4 is 22.6 Å². The van der Waals surface area contributed by atoms with E-state index in [2.05, 4.69) is 23.6 Å². The van der Waals surface area contributed by atoms with Gasteiger partial charge < -0.3 is 4.42 Å². The standard InChI is InChI=1S/C31H29ClFN3O2/c1-19(17-31(35-10-11-36-31)23-7-6-20(2)27(33)15-23)12-28-26(14-21-4-3-5-22(13-21)18-34)30(37)25-9-8-24(32)16-29(25)38-28/h3-9,13,15-16,19,35-36H,10-12,14,17H2,1-2H3. The Morgan fingerprint density at radius 2 is 1.92 bits per heavy atom. The molecule has 1 aliphatic rings. The van der Waals surface area contributed by atoms with Crippen molar-refractivity contribution in [2.45, 2.75) is 38.8 Å². The van der Waals surface area contributed by atoms with Crippen molar-refractivity contribution in [2.24, 2.45) is 5.92 Å². The second-order valence-electron chi connectivity index (χ2n) is 10.2. The lowest BCUT2D eigenvalue weighted by molar-refractivity contribution is 0.259. The summed E-state index contributed by atoms with van der Waals surface area (Å²) >= 11 is 6.22. The van der Waals surface area contributed by atoms with Crippen LogP contribution < -0.4 is 16.1 Å². The molecule has 0 saturated carbocycles. The van der Waals surface area contributed by atoms with Gasteiger partial charge in [0.05, 0.1) is 22.7 Å². The van der Waals surface area contributed by atoms with Crippen molar-refractivity contribution in [3.8, 4) is 6.07 Å². The van der Waals surface area contributed by atoms with Gasteiger partial charge in [0.1, 0.15) is 17.2 Å². The monoisotopic (exact) mass is 529 g/mol. The van der Waals surface area contributed by atoms with Crippen molar-refractivity contribution in [3.05, 3.63) is 115 Å². The van der Waals surface area contributed by atoms with Crippen molar-refractivity contribution < 1.29 is 8.81 Å². The average Bonchev–Trinajstić information content (AvgIpc) is 3.37. The van der Waals surface area contributed by atoms with Gasteiger partial charge in [0.2, 0.25) is 0 Å². The summed E-state index contributed by atoms with van der Waals surface area (Å²) in [6.45, 7) is 5.40. The molecule has 0 aliphatic carbocycles. The zero-order valence-electron chi connectivity index (χ0n) is 21.4. The number of nitrogens with one attached hydrogen (secondary N) is 2. The Labute approximate surface area is 226 Å². The molecule has 0 bridgehead atoms. The summed E-state index contributed by atoms with van der Waals surface area (Å²) in [5.74, 6) is 0.439. The van der Waals surface area contributed by atoms with E-state index in [-0.39, 0.29) is 17.2 Å². The minimum atomic E-state index is -0.574. The van der Waals surface area contributed by atoms with E-state index in [0.717, 1.165) is 24.2 Å². The van der Waals surface area contributed by atoms with Gasteiger partial charge in [-0.2, -0.15) is 5.26 Å². The van der Waals surface area contributed by atoms with Gasteiger partial charge in [0.25, 0.3) is 0 Å². The van der Waals surface area contributed by atoms with E-state index in [4.69, 9.17) is 16.0 Å². The zero-order chi connectivity index (χ0) is 26.9. The topological polar surface area (TPSA) is 78.1 Å². The summed E-state index contributed by atoms with van der Waals surface area (Å²) in [5, 5.41) is 17.4. The van der Waals surface area contributed by atoms with Crippen molar-refractivity contribution in [3.63, 3.8) is 0 Å². The van der Waals surface area contributed by atoms with Crippen LogP contribution >= 0.6 is 11.6 Å². The Morgan fingerprint density at radius 1 is 1.13 bits per heavy atom. The number of nitrogens with zero attached hydrogens (tertiary/aromatic N) is 1. The second kappa shape index (κ2) is 10.7. The van der Waals surface area contributed by atoms with Gasteiger partial charge >= 0.3 is 0 Å². The molecule has 1 aliphatic heterocycles. The predicted molar refractivity (Wildman–Crippen MR) is 148 cm³/mol. The first-order valence-electron chi connectivity index (χ1n) is 12.8.